The van der Waals surface area contributed by atoms with Gasteiger partial charge in [0.25, 0.3) is 0 Å². The molecule has 17 heavy (non-hydrogen) atoms. The van der Waals surface area contributed by atoms with Crippen molar-refractivity contribution in [1.82, 2.24) is 4.90 Å². The van der Waals surface area contributed by atoms with Crippen LogP contribution in [-0.2, 0) is 0 Å². The van der Waals surface area contributed by atoms with Crippen LogP contribution in [0.1, 0.15) is 59.8 Å². The SMILES string of the molecule is CCCCC(N)CN1CCC(C(C)(C)C)CC1. The molecular weight excluding hydrogens is 208 g/mol. The number of nitrogens with zero attached hydrogens (tertiary/aromatic N) is 1. The molecule has 0 bridgehead atoms. The van der Waals surface area contributed by atoms with Crippen molar-refractivity contribution in [3.8, 4) is 0 Å². The van der Waals surface area contributed by atoms with E-state index in [1.165, 1.54) is 45.2 Å². The zero-order valence-electron chi connectivity index (χ0n) is 12.3. The van der Waals surface area contributed by atoms with Crippen LogP contribution in [0.3, 0.4) is 0 Å². The molecule has 0 aromatic rings. The summed E-state index contributed by atoms with van der Waals surface area (Å²) in [4.78, 5) is 2.57. The molecule has 1 rings (SSSR count). The fourth-order valence-electron chi connectivity index (χ4n) is 2.87. The number of rotatable bonds is 5. The highest BCUT2D eigenvalue weighted by molar-refractivity contribution is 4.82. The zero-order valence-corrected chi connectivity index (χ0v) is 12.3. The Labute approximate surface area is 108 Å². The van der Waals surface area contributed by atoms with E-state index in [2.05, 4.69) is 32.6 Å². The third-order valence-corrected chi connectivity index (χ3v) is 4.23. The number of likely N-dealkylation sites (tertiary alicyclic amines) is 1. The molecule has 2 nitrogen and oxygen atoms in total. The molecule has 1 aliphatic heterocycles. The monoisotopic (exact) mass is 240 g/mol. The molecule has 0 aromatic carbocycles. The number of nitrogens with two attached hydrogens (primary N) is 1. The average molecular weight is 240 g/mol. The van der Waals surface area contributed by atoms with E-state index in [1.807, 2.05) is 0 Å². The topological polar surface area (TPSA) is 29.3 Å². The van der Waals surface area contributed by atoms with Gasteiger partial charge in [0.05, 0.1) is 0 Å². The Balaban J connectivity index is 2.23. The second-order valence-corrected chi connectivity index (χ2v) is 6.84. The fraction of sp³-hybridized carbons (Fsp3) is 1.00. The first kappa shape index (κ1) is 15.0. The molecule has 102 valence electrons. The first-order valence-electron chi connectivity index (χ1n) is 7.41. The van der Waals surface area contributed by atoms with Gasteiger partial charge in [0.2, 0.25) is 0 Å². The maximum Gasteiger partial charge on any atom is 0.0167 e. The highest BCUT2D eigenvalue weighted by Gasteiger charge is 2.28. The molecule has 0 radical (unpaired) electrons. The van der Waals surface area contributed by atoms with E-state index in [1.54, 1.807) is 0 Å². The molecule has 0 aromatic heterocycles. The zero-order chi connectivity index (χ0) is 12.9. The molecule has 1 heterocycles. The van der Waals surface area contributed by atoms with Gasteiger partial charge in [-0.3, -0.25) is 0 Å². The van der Waals surface area contributed by atoms with Crippen LogP contribution in [0.5, 0.6) is 0 Å². The summed E-state index contributed by atoms with van der Waals surface area (Å²) in [7, 11) is 0. The fourth-order valence-corrected chi connectivity index (χ4v) is 2.87. The van der Waals surface area contributed by atoms with Crippen LogP contribution in [0.15, 0.2) is 0 Å². The Hall–Kier alpha value is -0.0800. The van der Waals surface area contributed by atoms with E-state index in [0.29, 0.717) is 11.5 Å². The van der Waals surface area contributed by atoms with Gasteiger partial charge in [-0.05, 0) is 43.7 Å². The van der Waals surface area contributed by atoms with Crippen molar-refractivity contribution in [3.05, 3.63) is 0 Å². The van der Waals surface area contributed by atoms with E-state index >= 15 is 0 Å². The number of hydrogen-bond donors (Lipinski definition) is 1. The van der Waals surface area contributed by atoms with Crippen molar-refractivity contribution in [3.63, 3.8) is 0 Å². The second-order valence-electron chi connectivity index (χ2n) is 6.84. The maximum absolute atomic E-state index is 6.17. The Bertz CT molecular complexity index is 199. The Morgan fingerprint density at radius 1 is 1.24 bits per heavy atom. The van der Waals surface area contributed by atoms with Crippen molar-refractivity contribution in [2.24, 2.45) is 17.1 Å². The Kier molecular flexibility index (Phi) is 5.94. The van der Waals surface area contributed by atoms with Gasteiger partial charge in [-0.1, -0.05) is 40.5 Å². The highest BCUT2D eigenvalue weighted by Crippen LogP contribution is 2.34. The third kappa shape index (κ3) is 5.39. The van der Waals surface area contributed by atoms with Crippen LogP contribution in [0.25, 0.3) is 0 Å². The lowest BCUT2D eigenvalue weighted by molar-refractivity contribution is 0.107. The van der Waals surface area contributed by atoms with E-state index in [-0.39, 0.29) is 0 Å². The van der Waals surface area contributed by atoms with E-state index in [0.717, 1.165) is 12.5 Å². The predicted molar refractivity (Wildman–Crippen MR) is 76.1 cm³/mol. The van der Waals surface area contributed by atoms with Crippen molar-refractivity contribution in [1.29, 1.82) is 0 Å². The van der Waals surface area contributed by atoms with Gasteiger partial charge in [-0.15, -0.1) is 0 Å². The molecule has 0 aliphatic carbocycles. The number of piperidine rings is 1. The first-order valence-corrected chi connectivity index (χ1v) is 7.41. The minimum atomic E-state index is 0.390. The largest absolute Gasteiger partial charge is 0.327 e. The van der Waals surface area contributed by atoms with Crippen LogP contribution >= 0.6 is 0 Å². The first-order chi connectivity index (χ1) is 7.93. The van der Waals surface area contributed by atoms with Crippen LogP contribution in [0.4, 0.5) is 0 Å². The van der Waals surface area contributed by atoms with Crippen LogP contribution in [0.2, 0.25) is 0 Å². The summed E-state index contributed by atoms with van der Waals surface area (Å²) in [6, 6.07) is 0.390. The Morgan fingerprint density at radius 2 is 1.82 bits per heavy atom. The normalized spacial score (nSPS) is 21.7. The molecule has 1 fully saturated rings. The summed E-state index contributed by atoms with van der Waals surface area (Å²) < 4.78 is 0. The van der Waals surface area contributed by atoms with Crippen LogP contribution in [-0.4, -0.2) is 30.6 Å². The summed E-state index contributed by atoms with van der Waals surface area (Å²) in [6.07, 6.45) is 6.43. The standard InChI is InChI=1S/C15H32N2/c1-5-6-7-14(16)12-17-10-8-13(9-11-17)15(2,3)4/h13-14H,5-12,16H2,1-4H3. The van der Waals surface area contributed by atoms with Gasteiger partial charge in [0.15, 0.2) is 0 Å². The van der Waals surface area contributed by atoms with E-state index in [9.17, 15) is 0 Å². The van der Waals surface area contributed by atoms with Gasteiger partial charge < -0.3 is 10.6 Å². The molecule has 1 saturated heterocycles. The third-order valence-electron chi connectivity index (χ3n) is 4.23. The smallest absolute Gasteiger partial charge is 0.0167 e. The van der Waals surface area contributed by atoms with Crippen molar-refractivity contribution >= 4 is 0 Å². The lowest BCUT2D eigenvalue weighted by Crippen LogP contribution is -2.43. The molecule has 2 N–H and O–H groups in total. The quantitative estimate of drug-likeness (QED) is 0.799. The molecule has 0 saturated carbocycles. The summed E-state index contributed by atoms with van der Waals surface area (Å²) in [5.74, 6) is 0.894. The second kappa shape index (κ2) is 6.75. The molecule has 1 aliphatic rings. The van der Waals surface area contributed by atoms with Crippen molar-refractivity contribution < 1.29 is 0 Å². The van der Waals surface area contributed by atoms with Gasteiger partial charge in [-0.2, -0.15) is 0 Å². The lowest BCUT2D eigenvalue weighted by atomic mass is 9.75. The highest BCUT2D eigenvalue weighted by atomic mass is 15.1. The lowest BCUT2D eigenvalue weighted by Gasteiger charge is -2.39. The van der Waals surface area contributed by atoms with Crippen LogP contribution < -0.4 is 5.73 Å². The summed E-state index contributed by atoms with van der Waals surface area (Å²) >= 11 is 0. The molecular formula is C15H32N2. The minimum absolute atomic E-state index is 0.390. The predicted octanol–water partition coefficient (Wildman–Crippen LogP) is 3.26. The molecule has 0 amide bonds. The summed E-state index contributed by atoms with van der Waals surface area (Å²) in [5, 5.41) is 0. The van der Waals surface area contributed by atoms with Gasteiger partial charge in [-0.25, -0.2) is 0 Å². The minimum Gasteiger partial charge on any atom is -0.327 e. The van der Waals surface area contributed by atoms with Crippen molar-refractivity contribution in [2.75, 3.05) is 19.6 Å². The number of hydrogen-bond acceptors (Lipinski definition) is 2. The molecule has 2 heteroatoms. The Morgan fingerprint density at radius 3 is 2.29 bits per heavy atom. The summed E-state index contributed by atoms with van der Waals surface area (Å²) in [6.45, 7) is 13.0. The van der Waals surface area contributed by atoms with Gasteiger partial charge in [0.1, 0.15) is 0 Å². The number of unbranched alkanes of at least 4 members (excludes halogenated alkanes) is 1. The van der Waals surface area contributed by atoms with Gasteiger partial charge in [0, 0.05) is 12.6 Å². The molecule has 1 atom stereocenters. The molecule has 1 unspecified atom stereocenters. The maximum atomic E-state index is 6.17. The van der Waals surface area contributed by atoms with Crippen LogP contribution in [0, 0.1) is 11.3 Å². The average Bonchev–Trinajstić information content (AvgIpc) is 2.26. The van der Waals surface area contributed by atoms with E-state index < -0.39 is 0 Å². The van der Waals surface area contributed by atoms with Gasteiger partial charge >= 0.3 is 0 Å². The molecule has 0 spiro atoms. The summed E-state index contributed by atoms with van der Waals surface area (Å²) in [5.41, 5.74) is 6.65. The van der Waals surface area contributed by atoms with Crippen molar-refractivity contribution in [2.45, 2.75) is 65.8 Å². The van der Waals surface area contributed by atoms with E-state index in [4.69, 9.17) is 5.73 Å².